The molecule has 1 fully saturated rings. The van der Waals surface area contributed by atoms with E-state index in [4.69, 9.17) is 4.74 Å². The summed E-state index contributed by atoms with van der Waals surface area (Å²) in [7, 11) is 0. The Morgan fingerprint density at radius 1 is 1.24 bits per heavy atom. The van der Waals surface area contributed by atoms with Crippen LogP contribution in [0.25, 0.3) is 0 Å². The van der Waals surface area contributed by atoms with Gasteiger partial charge in [0.2, 0.25) is 0 Å². The van der Waals surface area contributed by atoms with Crippen molar-refractivity contribution in [2.45, 2.75) is 70.6 Å². The lowest BCUT2D eigenvalue weighted by molar-refractivity contribution is -0.145. The van der Waals surface area contributed by atoms with Crippen LogP contribution in [0.1, 0.15) is 52.9 Å². The molecule has 1 N–H and O–H groups in total. The van der Waals surface area contributed by atoms with Gasteiger partial charge in [-0.3, -0.25) is 4.90 Å². The lowest BCUT2D eigenvalue weighted by Gasteiger charge is -2.36. The zero-order valence-corrected chi connectivity index (χ0v) is 13.0. The second kappa shape index (κ2) is 6.08. The third kappa shape index (κ3) is 4.22. The second-order valence-electron chi connectivity index (χ2n) is 6.95. The standard InChI is InChI=1S/C16H25NO4/c1-16(2,3)21-15(20)17(12-9-10-12)13(14(18)19)11-7-5-4-6-8-11/h4-5,11-13H,6-10H2,1-3H3,(H,18,19). The number of hydrogen-bond acceptors (Lipinski definition) is 3. The van der Waals surface area contributed by atoms with Gasteiger partial charge in [0.1, 0.15) is 11.6 Å². The van der Waals surface area contributed by atoms with Gasteiger partial charge in [0.05, 0.1) is 0 Å². The van der Waals surface area contributed by atoms with E-state index in [1.54, 1.807) is 20.8 Å². The van der Waals surface area contributed by atoms with Gasteiger partial charge in [0.25, 0.3) is 0 Å². The molecular weight excluding hydrogens is 270 g/mol. The Morgan fingerprint density at radius 2 is 1.90 bits per heavy atom. The maximum atomic E-state index is 12.5. The largest absolute Gasteiger partial charge is 0.480 e. The van der Waals surface area contributed by atoms with E-state index in [0.29, 0.717) is 6.42 Å². The van der Waals surface area contributed by atoms with Crippen LogP contribution in [0, 0.1) is 5.92 Å². The Kier molecular flexibility index (Phi) is 4.59. The highest BCUT2D eigenvalue weighted by molar-refractivity contribution is 5.81. The predicted molar refractivity (Wildman–Crippen MR) is 79.0 cm³/mol. The molecule has 0 aromatic heterocycles. The van der Waals surface area contributed by atoms with Crippen molar-refractivity contribution in [3.63, 3.8) is 0 Å². The van der Waals surface area contributed by atoms with E-state index in [1.807, 2.05) is 6.08 Å². The van der Waals surface area contributed by atoms with Gasteiger partial charge in [-0.2, -0.15) is 0 Å². The van der Waals surface area contributed by atoms with Gasteiger partial charge >= 0.3 is 12.1 Å². The summed E-state index contributed by atoms with van der Waals surface area (Å²) in [5.41, 5.74) is -0.611. The number of carboxylic acid groups (broad SMARTS) is 1. The molecule has 0 aromatic carbocycles. The summed E-state index contributed by atoms with van der Waals surface area (Å²) >= 11 is 0. The van der Waals surface area contributed by atoms with Gasteiger partial charge in [0, 0.05) is 6.04 Å². The molecule has 1 amide bonds. The summed E-state index contributed by atoms with van der Waals surface area (Å²) in [5.74, 6) is -0.950. The van der Waals surface area contributed by atoms with Crippen LogP contribution in [-0.2, 0) is 9.53 Å². The van der Waals surface area contributed by atoms with Crippen molar-refractivity contribution in [2.75, 3.05) is 0 Å². The Hall–Kier alpha value is -1.52. The van der Waals surface area contributed by atoms with Crippen molar-refractivity contribution in [1.82, 2.24) is 4.90 Å². The highest BCUT2D eigenvalue weighted by atomic mass is 16.6. The third-order valence-electron chi connectivity index (χ3n) is 3.85. The Balaban J connectivity index is 2.18. The van der Waals surface area contributed by atoms with Crippen LogP contribution in [-0.4, -0.2) is 39.8 Å². The number of rotatable bonds is 4. The molecule has 0 radical (unpaired) electrons. The molecule has 2 rings (SSSR count). The van der Waals surface area contributed by atoms with Crippen molar-refractivity contribution in [1.29, 1.82) is 0 Å². The van der Waals surface area contributed by atoms with Crippen molar-refractivity contribution in [2.24, 2.45) is 5.92 Å². The van der Waals surface area contributed by atoms with Gasteiger partial charge in [0.15, 0.2) is 0 Å². The number of carboxylic acids is 1. The molecule has 1 saturated carbocycles. The summed E-state index contributed by atoms with van der Waals surface area (Å²) in [6.07, 6.45) is 7.72. The van der Waals surface area contributed by atoms with E-state index in [0.717, 1.165) is 25.7 Å². The molecule has 0 aliphatic heterocycles. The second-order valence-corrected chi connectivity index (χ2v) is 6.95. The van der Waals surface area contributed by atoms with Gasteiger partial charge in [-0.1, -0.05) is 12.2 Å². The maximum absolute atomic E-state index is 12.5. The van der Waals surface area contributed by atoms with Crippen LogP contribution in [0.3, 0.4) is 0 Å². The topological polar surface area (TPSA) is 66.8 Å². The minimum atomic E-state index is -0.923. The van der Waals surface area contributed by atoms with Crippen molar-refractivity contribution in [3.8, 4) is 0 Å². The SMILES string of the molecule is CC(C)(C)OC(=O)N(C1CC1)C(C(=O)O)C1CC=CCC1. The molecular formula is C16H25NO4. The number of ether oxygens (including phenoxy) is 1. The van der Waals surface area contributed by atoms with Crippen molar-refractivity contribution in [3.05, 3.63) is 12.2 Å². The summed E-state index contributed by atoms with van der Waals surface area (Å²) in [6, 6.07) is -0.760. The molecule has 0 spiro atoms. The predicted octanol–water partition coefficient (Wildman–Crippen LogP) is 3.20. The minimum absolute atomic E-state index is 0.0202. The first-order valence-corrected chi connectivity index (χ1v) is 7.68. The number of carbonyl (C=O) groups is 2. The smallest absolute Gasteiger partial charge is 0.411 e. The number of allylic oxidation sites excluding steroid dienone is 2. The number of hydrogen-bond donors (Lipinski definition) is 1. The summed E-state index contributed by atoms with van der Waals surface area (Å²) in [4.78, 5) is 25.7. The fourth-order valence-electron chi connectivity index (χ4n) is 2.81. The van der Waals surface area contributed by atoms with Gasteiger partial charge in [-0.15, -0.1) is 0 Å². The minimum Gasteiger partial charge on any atom is -0.480 e. The average Bonchev–Trinajstić information content (AvgIpc) is 3.18. The summed E-state index contributed by atoms with van der Waals surface area (Å²) < 4.78 is 5.43. The van der Waals surface area contributed by atoms with Crippen LogP contribution in [0.15, 0.2) is 12.2 Å². The first-order chi connectivity index (χ1) is 9.79. The van der Waals surface area contributed by atoms with Gasteiger partial charge < -0.3 is 9.84 Å². The molecule has 0 heterocycles. The number of amides is 1. The molecule has 21 heavy (non-hydrogen) atoms. The number of carbonyl (C=O) groups excluding carboxylic acids is 1. The van der Waals surface area contributed by atoms with E-state index in [9.17, 15) is 14.7 Å². The van der Waals surface area contributed by atoms with Crippen LogP contribution in [0.2, 0.25) is 0 Å². The normalized spacial score (nSPS) is 23.5. The van der Waals surface area contributed by atoms with Crippen LogP contribution in [0.4, 0.5) is 4.79 Å². The fourth-order valence-corrected chi connectivity index (χ4v) is 2.81. The van der Waals surface area contributed by atoms with Crippen molar-refractivity contribution >= 4 is 12.1 Å². The Bertz CT molecular complexity index is 434. The van der Waals surface area contributed by atoms with E-state index in [-0.39, 0.29) is 12.0 Å². The molecule has 118 valence electrons. The monoisotopic (exact) mass is 295 g/mol. The zero-order chi connectivity index (χ0) is 15.6. The highest BCUT2D eigenvalue weighted by Gasteiger charge is 2.45. The van der Waals surface area contributed by atoms with Crippen LogP contribution in [0.5, 0.6) is 0 Å². The van der Waals surface area contributed by atoms with E-state index in [1.165, 1.54) is 4.90 Å². The highest BCUT2D eigenvalue weighted by Crippen LogP contribution is 2.35. The molecule has 2 unspecified atom stereocenters. The zero-order valence-electron chi connectivity index (χ0n) is 13.0. The molecule has 0 saturated heterocycles. The lowest BCUT2D eigenvalue weighted by atomic mass is 9.86. The van der Waals surface area contributed by atoms with Gasteiger partial charge in [-0.05, 0) is 58.8 Å². The summed E-state index contributed by atoms with van der Waals surface area (Å²) in [5, 5.41) is 9.65. The fraction of sp³-hybridized carbons (Fsp3) is 0.750. The van der Waals surface area contributed by atoms with Crippen LogP contribution < -0.4 is 0 Å². The van der Waals surface area contributed by atoms with Crippen molar-refractivity contribution < 1.29 is 19.4 Å². The summed E-state index contributed by atoms with van der Waals surface area (Å²) in [6.45, 7) is 5.40. The molecule has 5 heteroatoms. The average molecular weight is 295 g/mol. The first-order valence-electron chi connectivity index (χ1n) is 7.68. The molecule has 0 bridgehead atoms. The molecule has 2 atom stereocenters. The Morgan fingerprint density at radius 3 is 2.33 bits per heavy atom. The van der Waals surface area contributed by atoms with E-state index >= 15 is 0 Å². The maximum Gasteiger partial charge on any atom is 0.411 e. The molecule has 2 aliphatic rings. The van der Waals surface area contributed by atoms with Crippen LogP contribution >= 0.6 is 0 Å². The number of nitrogens with zero attached hydrogens (tertiary/aromatic N) is 1. The molecule has 0 aromatic rings. The molecule has 5 nitrogen and oxygen atoms in total. The molecule has 2 aliphatic carbocycles. The van der Waals surface area contributed by atoms with Gasteiger partial charge in [-0.25, -0.2) is 9.59 Å². The third-order valence-corrected chi connectivity index (χ3v) is 3.85. The quantitative estimate of drug-likeness (QED) is 0.809. The lowest BCUT2D eigenvalue weighted by Crippen LogP contribution is -2.52. The van der Waals surface area contributed by atoms with E-state index in [2.05, 4.69) is 6.08 Å². The Labute approximate surface area is 126 Å². The van der Waals surface area contributed by atoms with E-state index < -0.39 is 23.7 Å². The number of aliphatic carboxylic acids is 1. The first kappa shape index (κ1) is 15.9.